The second-order valence-corrected chi connectivity index (χ2v) is 6.84. The van der Waals surface area contributed by atoms with Crippen molar-refractivity contribution in [3.63, 3.8) is 0 Å². The third kappa shape index (κ3) is 4.28. The van der Waals surface area contributed by atoms with Crippen molar-refractivity contribution >= 4 is 23.4 Å². The smallest absolute Gasteiger partial charge is 0.234 e. The number of nitrogens with zero attached hydrogens (tertiary/aromatic N) is 2. The summed E-state index contributed by atoms with van der Waals surface area (Å²) in [5.41, 5.74) is 4.88. The number of furan rings is 1. The van der Waals surface area contributed by atoms with Gasteiger partial charge >= 0.3 is 0 Å². The molecule has 1 aromatic carbocycles. The molecule has 128 valence electrons. The molecule has 1 N–H and O–H groups in total. The van der Waals surface area contributed by atoms with Gasteiger partial charge in [-0.2, -0.15) is 0 Å². The van der Waals surface area contributed by atoms with Crippen molar-refractivity contribution in [3.05, 3.63) is 59.4 Å². The van der Waals surface area contributed by atoms with Crippen LogP contribution >= 0.6 is 11.8 Å². The molecule has 0 spiro atoms. The molecule has 0 fully saturated rings. The molecule has 0 aliphatic carbocycles. The third-order valence-electron chi connectivity index (χ3n) is 3.71. The molecule has 0 radical (unpaired) electrons. The molecule has 0 unspecified atom stereocenters. The lowest BCUT2D eigenvalue weighted by molar-refractivity contribution is -0.113. The zero-order valence-corrected chi connectivity index (χ0v) is 15.2. The fourth-order valence-electron chi connectivity index (χ4n) is 2.64. The van der Waals surface area contributed by atoms with Gasteiger partial charge in [-0.15, -0.1) is 10.2 Å². The van der Waals surface area contributed by atoms with Crippen molar-refractivity contribution in [2.45, 2.75) is 25.8 Å². The average Bonchev–Trinajstić information content (AvgIpc) is 3.11. The minimum absolute atomic E-state index is 0.0584. The quantitative estimate of drug-likeness (QED) is 0.689. The Morgan fingerprint density at radius 2 is 1.88 bits per heavy atom. The highest BCUT2D eigenvalue weighted by Gasteiger charge is 2.10. The number of amides is 1. The summed E-state index contributed by atoms with van der Waals surface area (Å²) in [6, 6.07) is 11.4. The van der Waals surface area contributed by atoms with Crippen LogP contribution in [0.15, 0.2) is 52.1 Å². The minimum Gasteiger partial charge on any atom is -0.463 e. The van der Waals surface area contributed by atoms with Crippen LogP contribution < -0.4 is 5.32 Å². The first-order valence-electron chi connectivity index (χ1n) is 7.91. The van der Waals surface area contributed by atoms with Crippen LogP contribution in [0.1, 0.15) is 16.7 Å². The summed E-state index contributed by atoms with van der Waals surface area (Å²) in [6.45, 7) is 6.05. The number of carbonyl (C=O) groups is 1. The van der Waals surface area contributed by atoms with Crippen LogP contribution in [0.5, 0.6) is 0 Å². The van der Waals surface area contributed by atoms with E-state index in [1.54, 1.807) is 12.3 Å². The van der Waals surface area contributed by atoms with Gasteiger partial charge in [0.2, 0.25) is 5.91 Å². The molecule has 3 rings (SSSR count). The predicted molar refractivity (Wildman–Crippen MR) is 99.7 cm³/mol. The Morgan fingerprint density at radius 3 is 2.48 bits per heavy atom. The number of nitrogens with one attached hydrogen (secondary N) is 1. The van der Waals surface area contributed by atoms with Gasteiger partial charge in [-0.1, -0.05) is 29.5 Å². The van der Waals surface area contributed by atoms with E-state index in [2.05, 4.69) is 27.6 Å². The van der Waals surface area contributed by atoms with Gasteiger partial charge in [0.05, 0.1) is 12.0 Å². The molecule has 0 bridgehead atoms. The van der Waals surface area contributed by atoms with Crippen LogP contribution in [0.2, 0.25) is 0 Å². The van der Waals surface area contributed by atoms with E-state index in [1.165, 1.54) is 17.3 Å². The van der Waals surface area contributed by atoms with Crippen LogP contribution in [0.25, 0.3) is 11.5 Å². The fourth-order valence-corrected chi connectivity index (χ4v) is 3.26. The van der Waals surface area contributed by atoms with Crippen LogP contribution in [0.4, 0.5) is 5.69 Å². The number of rotatable bonds is 5. The highest BCUT2D eigenvalue weighted by molar-refractivity contribution is 7.99. The minimum atomic E-state index is -0.0584. The zero-order chi connectivity index (χ0) is 17.8. The number of anilines is 1. The molecule has 6 heteroatoms. The molecule has 5 nitrogen and oxygen atoms in total. The number of hydrogen-bond donors (Lipinski definition) is 1. The molecular formula is C19H19N3O2S. The van der Waals surface area contributed by atoms with Crippen molar-refractivity contribution in [1.82, 2.24) is 10.2 Å². The van der Waals surface area contributed by atoms with Crippen molar-refractivity contribution in [2.75, 3.05) is 11.1 Å². The molecule has 0 aliphatic heterocycles. The Labute approximate surface area is 150 Å². The van der Waals surface area contributed by atoms with E-state index in [0.717, 1.165) is 16.8 Å². The van der Waals surface area contributed by atoms with E-state index in [4.69, 9.17) is 4.42 Å². The van der Waals surface area contributed by atoms with Crippen molar-refractivity contribution in [2.24, 2.45) is 0 Å². The lowest BCUT2D eigenvalue weighted by Crippen LogP contribution is -2.16. The monoisotopic (exact) mass is 353 g/mol. The Kier molecular flexibility index (Phi) is 5.19. The number of aryl methyl sites for hydroxylation is 3. The van der Waals surface area contributed by atoms with E-state index >= 15 is 0 Å². The summed E-state index contributed by atoms with van der Waals surface area (Å²) < 4.78 is 5.28. The molecule has 0 atom stereocenters. The molecular weight excluding hydrogens is 334 g/mol. The van der Waals surface area contributed by atoms with E-state index in [1.807, 2.05) is 39.0 Å². The fraction of sp³-hybridized carbons (Fsp3) is 0.211. The molecule has 0 aliphatic rings. The van der Waals surface area contributed by atoms with Crippen molar-refractivity contribution in [1.29, 1.82) is 0 Å². The van der Waals surface area contributed by atoms with Crippen LogP contribution in [0, 0.1) is 20.8 Å². The van der Waals surface area contributed by atoms with Gasteiger partial charge in [0.15, 0.2) is 5.76 Å². The summed E-state index contributed by atoms with van der Waals surface area (Å²) in [4.78, 5) is 12.2. The largest absolute Gasteiger partial charge is 0.463 e. The maximum absolute atomic E-state index is 12.2. The lowest BCUT2D eigenvalue weighted by atomic mass is 10.1. The zero-order valence-electron chi connectivity index (χ0n) is 14.4. The number of hydrogen-bond acceptors (Lipinski definition) is 5. The van der Waals surface area contributed by atoms with Crippen LogP contribution in [-0.4, -0.2) is 21.9 Å². The van der Waals surface area contributed by atoms with Crippen LogP contribution in [-0.2, 0) is 4.79 Å². The Bertz CT molecular complexity index is 851. The number of benzene rings is 1. The van der Waals surface area contributed by atoms with Gasteiger partial charge in [0, 0.05) is 5.69 Å². The number of aromatic nitrogens is 2. The Hall–Kier alpha value is -2.60. The molecule has 0 saturated carbocycles. The summed E-state index contributed by atoms with van der Waals surface area (Å²) in [6.07, 6.45) is 1.60. The van der Waals surface area contributed by atoms with E-state index in [-0.39, 0.29) is 11.7 Å². The van der Waals surface area contributed by atoms with Crippen molar-refractivity contribution < 1.29 is 9.21 Å². The standard InChI is InChI=1S/C19H19N3O2S/c1-12-9-13(2)19(14(3)10-12)20-17(23)11-25-18-7-6-15(21-22-18)16-5-4-8-24-16/h4-10H,11H2,1-3H3,(H,20,23). The second kappa shape index (κ2) is 7.53. The number of carbonyl (C=O) groups excluding carboxylic acids is 1. The van der Waals surface area contributed by atoms with Gasteiger partial charge in [-0.3, -0.25) is 4.79 Å². The third-order valence-corrected chi connectivity index (χ3v) is 4.63. The van der Waals surface area contributed by atoms with Gasteiger partial charge in [-0.25, -0.2) is 0 Å². The summed E-state index contributed by atoms with van der Waals surface area (Å²) >= 11 is 1.35. The maximum Gasteiger partial charge on any atom is 0.234 e. The molecule has 3 aromatic rings. The van der Waals surface area contributed by atoms with E-state index in [0.29, 0.717) is 16.5 Å². The first kappa shape index (κ1) is 17.2. The Morgan fingerprint density at radius 1 is 1.12 bits per heavy atom. The van der Waals surface area contributed by atoms with Gasteiger partial charge in [-0.05, 0) is 56.2 Å². The topological polar surface area (TPSA) is 68.0 Å². The van der Waals surface area contributed by atoms with Gasteiger partial charge in [0.1, 0.15) is 10.7 Å². The molecule has 1 amide bonds. The Balaban J connectivity index is 1.59. The van der Waals surface area contributed by atoms with E-state index < -0.39 is 0 Å². The van der Waals surface area contributed by atoms with Crippen molar-refractivity contribution in [3.8, 4) is 11.5 Å². The lowest BCUT2D eigenvalue weighted by Gasteiger charge is -2.12. The summed E-state index contributed by atoms with van der Waals surface area (Å²) in [7, 11) is 0. The number of thioether (sulfide) groups is 1. The maximum atomic E-state index is 12.2. The first-order valence-corrected chi connectivity index (χ1v) is 8.89. The SMILES string of the molecule is Cc1cc(C)c(NC(=O)CSc2ccc(-c3ccco3)nn2)c(C)c1. The molecule has 2 aromatic heterocycles. The predicted octanol–water partition coefficient (Wildman–Crippen LogP) is 4.39. The van der Waals surface area contributed by atoms with Gasteiger partial charge < -0.3 is 9.73 Å². The molecule has 25 heavy (non-hydrogen) atoms. The normalized spacial score (nSPS) is 10.7. The van der Waals surface area contributed by atoms with E-state index in [9.17, 15) is 4.79 Å². The highest BCUT2D eigenvalue weighted by Crippen LogP contribution is 2.23. The first-order chi connectivity index (χ1) is 12.0. The highest BCUT2D eigenvalue weighted by atomic mass is 32.2. The summed E-state index contributed by atoms with van der Waals surface area (Å²) in [5.74, 6) is 0.894. The van der Waals surface area contributed by atoms with Gasteiger partial charge in [0.25, 0.3) is 0 Å². The molecule has 0 saturated heterocycles. The second-order valence-electron chi connectivity index (χ2n) is 5.84. The average molecular weight is 353 g/mol. The molecule has 2 heterocycles. The summed E-state index contributed by atoms with van der Waals surface area (Å²) in [5, 5.41) is 11.9. The van der Waals surface area contributed by atoms with Crippen LogP contribution in [0.3, 0.4) is 0 Å².